The number of hydrogen-bond donors (Lipinski definition) is 0. The lowest BCUT2D eigenvalue weighted by Crippen LogP contribution is -2.42. The van der Waals surface area contributed by atoms with Crippen LogP contribution in [0, 0.1) is 19.3 Å². The second kappa shape index (κ2) is 4.12. The highest BCUT2D eigenvalue weighted by molar-refractivity contribution is 5.34. The highest BCUT2D eigenvalue weighted by atomic mass is 16.5. The van der Waals surface area contributed by atoms with E-state index in [2.05, 4.69) is 66.7 Å². The third kappa shape index (κ3) is 2.78. The molecule has 0 heterocycles. The minimum absolute atomic E-state index is 0.117. The van der Waals surface area contributed by atoms with E-state index < -0.39 is 0 Å². The van der Waals surface area contributed by atoms with E-state index in [0.29, 0.717) is 0 Å². The van der Waals surface area contributed by atoms with Gasteiger partial charge in [-0.15, -0.1) is 0 Å². The molecule has 0 amide bonds. The Morgan fingerprint density at radius 3 is 1.88 bits per heavy atom. The molecule has 1 aromatic rings. The van der Waals surface area contributed by atoms with Crippen molar-refractivity contribution in [3.63, 3.8) is 0 Å². The summed E-state index contributed by atoms with van der Waals surface area (Å²) in [7, 11) is 0. The molecule has 0 radical (unpaired) electrons. The molecule has 16 heavy (non-hydrogen) atoms. The van der Waals surface area contributed by atoms with E-state index in [-0.39, 0.29) is 11.0 Å². The third-order valence-corrected chi connectivity index (χ3v) is 3.66. The van der Waals surface area contributed by atoms with Crippen LogP contribution < -0.4 is 4.74 Å². The zero-order valence-electron chi connectivity index (χ0n) is 11.6. The first-order valence-corrected chi connectivity index (χ1v) is 5.90. The number of hydrogen-bond acceptors (Lipinski definition) is 1. The number of rotatable bonds is 2. The third-order valence-electron chi connectivity index (χ3n) is 3.66. The summed E-state index contributed by atoms with van der Waals surface area (Å²) in [6, 6.07) is 6.28. The lowest BCUT2D eigenvalue weighted by molar-refractivity contribution is 0.000763. The minimum Gasteiger partial charge on any atom is -0.487 e. The van der Waals surface area contributed by atoms with Gasteiger partial charge in [0.1, 0.15) is 11.4 Å². The summed E-state index contributed by atoms with van der Waals surface area (Å²) in [4.78, 5) is 0. The Morgan fingerprint density at radius 2 is 1.44 bits per heavy atom. The fourth-order valence-electron chi connectivity index (χ4n) is 1.23. The molecule has 0 fully saturated rings. The molecule has 1 heteroatoms. The SMILES string of the molecule is Cc1ccc(OC(C)(C)C(C)(C)C)cc1C. The van der Waals surface area contributed by atoms with Gasteiger partial charge in [-0.3, -0.25) is 0 Å². The summed E-state index contributed by atoms with van der Waals surface area (Å²) < 4.78 is 6.10. The van der Waals surface area contributed by atoms with Gasteiger partial charge in [0.2, 0.25) is 0 Å². The molecular weight excluding hydrogens is 196 g/mol. The Bertz CT molecular complexity index is 370. The molecule has 0 bridgehead atoms. The average molecular weight is 220 g/mol. The van der Waals surface area contributed by atoms with Crippen LogP contribution in [0.25, 0.3) is 0 Å². The molecule has 1 nitrogen and oxygen atoms in total. The molecule has 0 aliphatic rings. The van der Waals surface area contributed by atoms with Gasteiger partial charge in [-0.1, -0.05) is 26.8 Å². The standard InChI is InChI=1S/C15H24O/c1-11-8-9-13(10-12(11)2)16-15(6,7)14(3,4)5/h8-10H,1-7H3. The Labute approximate surface area is 99.8 Å². The highest BCUT2D eigenvalue weighted by Crippen LogP contribution is 2.34. The summed E-state index contributed by atoms with van der Waals surface area (Å²) in [5, 5.41) is 0. The lowest BCUT2D eigenvalue weighted by Gasteiger charge is -2.39. The summed E-state index contributed by atoms with van der Waals surface area (Å²) in [5.41, 5.74) is 2.53. The van der Waals surface area contributed by atoms with Gasteiger partial charge in [-0.25, -0.2) is 0 Å². The fourth-order valence-corrected chi connectivity index (χ4v) is 1.23. The normalized spacial score (nSPS) is 12.7. The van der Waals surface area contributed by atoms with Crippen LogP contribution in [0.3, 0.4) is 0 Å². The van der Waals surface area contributed by atoms with E-state index >= 15 is 0 Å². The molecule has 1 aromatic carbocycles. The van der Waals surface area contributed by atoms with E-state index in [1.165, 1.54) is 11.1 Å². The summed E-state index contributed by atoms with van der Waals surface area (Å²) in [5.74, 6) is 0.961. The van der Waals surface area contributed by atoms with Crippen molar-refractivity contribution >= 4 is 0 Å². The van der Waals surface area contributed by atoms with Gasteiger partial charge in [0, 0.05) is 5.41 Å². The predicted molar refractivity (Wildman–Crippen MR) is 70.1 cm³/mol. The van der Waals surface area contributed by atoms with Gasteiger partial charge in [0.05, 0.1) is 0 Å². The number of ether oxygens (including phenoxy) is 1. The first kappa shape index (κ1) is 13.1. The van der Waals surface area contributed by atoms with Crippen molar-refractivity contribution in [2.75, 3.05) is 0 Å². The molecule has 0 aliphatic carbocycles. The van der Waals surface area contributed by atoms with Crippen LogP contribution in [0.15, 0.2) is 18.2 Å². The van der Waals surface area contributed by atoms with E-state index in [4.69, 9.17) is 4.74 Å². The van der Waals surface area contributed by atoms with Gasteiger partial charge in [-0.2, -0.15) is 0 Å². The van der Waals surface area contributed by atoms with Gasteiger partial charge < -0.3 is 4.74 Å². The van der Waals surface area contributed by atoms with Crippen molar-refractivity contribution in [2.45, 2.75) is 54.1 Å². The largest absolute Gasteiger partial charge is 0.487 e. The zero-order valence-corrected chi connectivity index (χ0v) is 11.6. The van der Waals surface area contributed by atoms with Gasteiger partial charge >= 0.3 is 0 Å². The maximum absolute atomic E-state index is 6.10. The van der Waals surface area contributed by atoms with Crippen LogP contribution in [0.1, 0.15) is 45.7 Å². The van der Waals surface area contributed by atoms with Crippen molar-refractivity contribution in [1.82, 2.24) is 0 Å². The maximum atomic E-state index is 6.10. The molecule has 0 aromatic heterocycles. The van der Waals surface area contributed by atoms with Gasteiger partial charge in [-0.05, 0) is 51.0 Å². The first-order chi connectivity index (χ1) is 7.13. The van der Waals surface area contributed by atoms with E-state index in [1.54, 1.807) is 0 Å². The van der Waals surface area contributed by atoms with Crippen molar-refractivity contribution in [1.29, 1.82) is 0 Å². The van der Waals surface area contributed by atoms with Crippen molar-refractivity contribution in [3.8, 4) is 5.75 Å². The van der Waals surface area contributed by atoms with Crippen LogP contribution in [0.5, 0.6) is 5.75 Å². The molecule has 0 unspecified atom stereocenters. The molecule has 0 saturated carbocycles. The van der Waals surface area contributed by atoms with Crippen molar-refractivity contribution in [3.05, 3.63) is 29.3 Å². The van der Waals surface area contributed by atoms with Gasteiger partial charge in [0.25, 0.3) is 0 Å². The molecule has 90 valence electrons. The molecule has 1 rings (SSSR count). The number of aryl methyl sites for hydroxylation is 2. The molecular formula is C15H24O. The molecule has 0 saturated heterocycles. The molecule has 0 aliphatic heterocycles. The van der Waals surface area contributed by atoms with E-state index in [9.17, 15) is 0 Å². The summed E-state index contributed by atoms with van der Waals surface area (Å²) in [6.45, 7) is 15.1. The number of benzene rings is 1. The minimum atomic E-state index is -0.172. The summed E-state index contributed by atoms with van der Waals surface area (Å²) >= 11 is 0. The first-order valence-electron chi connectivity index (χ1n) is 5.90. The topological polar surface area (TPSA) is 9.23 Å². The van der Waals surface area contributed by atoms with Crippen LogP contribution in [-0.2, 0) is 0 Å². The Morgan fingerprint density at radius 1 is 0.875 bits per heavy atom. The Kier molecular flexibility index (Phi) is 3.37. The second-order valence-corrected chi connectivity index (χ2v) is 6.11. The van der Waals surface area contributed by atoms with Crippen LogP contribution in [-0.4, -0.2) is 5.60 Å². The quantitative estimate of drug-likeness (QED) is 0.712. The van der Waals surface area contributed by atoms with Crippen molar-refractivity contribution in [2.24, 2.45) is 5.41 Å². The monoisotopic (exact) mass is 220 g/mol. The molecule has 0 spiro atoms. The second-order valence-electron chi connectivity index (χ2n) is 6.11. The maximum Gasteiger partial charge on any atom is 0.120 e. The Hall–Kier alpha value is -0.980. The highest BCUT2D eigenvalue weighted by Gasteiger charge is 2.34. The average Bonchev–Trinajstić information content (AvgIpc) is 2.09. The van der Waals surface area contributed by atoms with Crippen LogP contribution in [0.2, 0.25) is 0 Å². The fraction of sp³-hybridized carbons (Fsp3) is 0.600. The smallest absolute Gasteiger partial charge is 0.120 e. The van der Waals surface area contributed by atoms with Crippen molar-refractivity contribution < 1.29 is 4.74 Å². The van der Waals surface area contributed by atoms with E-state index in [1.807, 2.05) is 0 Å². The van der Waals surface area contributed by atoms with E-state index in [0.717, 1.165) is 5.75 Å². The lowest BCUT2D eigenvalue weighted by atomic mass is 9.79. The Balaban J connectivity index is 2.93. The summed E-state index contributed by atoms with van der Waals surface area (Å²) in [6.07, 6.45) is 0. The molecule has 0 N–H and O–H groups in total. The predicted octanol–water partition coefficient (Wildman–Crippen LogP) is 4.51. The van der Waals surface area contributed by atoms with Crippen LogP contribution in [0.4, 0.5) is 0 Å². The molecule has 0 atom stereocenters. The zero-order chi connectivity index (χ0) is 12.6. The van der Waals surface area contributed by atoms with Crippen LogP contribution >= 0.6 is 0 Å². The van der Waals surface area contributed by atoms with Gasteiger partial charge in [0.15, 0.2) is 0 Å².